The van der Waals surface area contributed by atoms with Crippen LogP contribution in [0.5, 0.6) is 0 Å². The van der Waals surface area contributed by atoms with Gasteiger partial charge < -0.3 is 0 Å². The van der Waals surface area contributed by atoms with E-state index in [0.29, 0.717) is 0 Å². The van der Waals surface area contributed by atoms with Gasteiger partial charge in [-0.05, 0) is 6.07 Å². The molecule has 0 saturated heterocycles. The van der Waals surface area contributed by atoms with Crippen molar-refractivity contribution in [2.75, 3.05) is 6.26 Å². The largest absolute Gasteiger partial charge is 0.266 e. The summed E-state index contributed by atoms with van der Waals surface area (Å²) in [6.07, 6.45) is 0.850. The smallest absolute Gasteiger partial charge is 0.246 e. The van der Waals surface area contributed by atoms with Gasteiger partial charge in [0.05, 0.1) is 6.26 Å². The summed E-state index contributed by atoms with van der Waals surface area (Å²) in [6.45, 7) is 0. The quantitative estimate of drug-likeness (QED) is 0.598. The molecule has 0 N–H and O–H groups in total. The van der Waals surface area contributed by atoms with Gasteiger partial charge in [-0.1, -0.05) is 29.8 Å². The van der Waals surface area contributed by atoms with Gasteiger partial charge in [0.15, 0.2) is 5.56 Å². The molecule has 78 valence electrons. The van der Waals surface area contributed by atoms with Crippen molar-refractivity contribution < 1.29 is 17.0 Å². The Morgan fingerprint density at radius 2 is 2.00 bits per heavy atom. The van der Waals surface area contributed by atoms with E-state index in [1.54, 1.807) is 6.07 Å². The Labute approximate surface area is 86.6 Å². The number of halogens is 2. The van der Waals surface area contributed by atoms with E-state index in [2.05, 4.69) is 4.18 Å². The van der Waals surface area contributed by atoms with Crippen LogP contribution in [0.4, 0.5) is 4.39 Å². The standard InChI is InChI=1S/C8H8ClFO3S/c1-14(11,12)13-8(9)6-4-2-3-5-7(6)10/h2-5,8H,1H3. The molecule has 3 nitrogen and oxygen atoms in total. The van der Waals surface area contributed by atoms with Crippen molar-refractivity contribution in [3.63, 3.8) is 0 Å². The van der Waals surface area contributed by atoms with E-state index in [4.69, 9.17) is 11.6 Å². The molecule has 6 heteroatoms. The van der Waals surface area contributed by atoms with Gasteiger partial charge in [0.1, 0.15) is 5.82 Å². The Bertz CT molecular complexity index is 418. The maximum atomic E-state index is 13.1. The number of hydrogen-bond acceptors (Lipinski definition) is 3. The lowest BCUT2D eigenvalue weighted by molar-refractivity contribution is 0.289. The van der Waals surface area contributed by atoms with E-state index >= 15 is 0 Å². The van der Waals surface area contributed by atoms with Gasteiger partial charge in [-0.3, -0.25) is 0 Å². The first-order valence-corrected chi connectivity index (χ1v) is 5.92. The molecule has 1 aromatic carbocycles. The molecule has 0 bridgehead atoms. The van der Waals surface area contributed by atoms with Crippen LogP contribution in [0.2, 0.25) is 0 Å². The fraction of sp³-hybridized carbons (Fsp3) is 0.250. The molecule has 0 aromatic heterocycles. The Morgan fingerprint density at radius 3 is 2.50 bits per heavy atom. The molecule has 14 heavy (non-hydrogen) atoms. The highest BCUT2D eigenvalue weighted by Crippen LogP contribution is 2.25. The third-order valence-electron chi connectivity index (χ3n) is 1.41. The van der Waals surface area contributed by atoms with Gasteiger partial charge in [0, 0.05) is 5.56 Å². The Morgan fingerprint density at radius 1 is 1.43 bits per heavy atom. The van der Waals surface area contributed by atoms with Gasteiger partial charge >= 0.3 is 0 Å². The molecule has 0 aliphatic heterocycles. The predicted octanol–water partition coefficient (Wildman–Crippen LogP) is 2.04. The van der Waals surface area contributed by atoms with E-state index in [9.17, 15) is 12.8 Å². The molecule has 0 spiro atoms. The molecule has 1 rings (SSSR count). The number of rotatable bonds is 3. The second-order valence-electron chi connectivity index (χ2n) is 2.64. The molecule has 1 atom stereocenters. The molecule has 0 amide bonds. The van der Waals surface area contributed by atoms with Gasteiger partial charge in [0.2, 0.25) is 0 Å². The molecule has 0 saturated carbocycles. The van der Waals surface area contributed by atoms with Crippen LogP contribution in [0.1, 0.15) is 11.1 Å². The maximum Gasteiger partial charge on any atom is 0.266 e. The van der Waals surface area contributed by atoms with Crippen LogP contribution in [0.15, 0.2) is 24.3 Å². The van der Waals surface area contributed by atoms with E-state index in [-0.39, 0.29) is 5.56 Å². The van der Waals surface area contributed by atoms with Crippen molar-refractivity contribution in [1.82, 2.24) is 0 Å². The first kappa shape index (κ1) is 11.4. The molecular weight excluding hydrogens is 231 g/mol. The lowest BCUT2D eigenvalue weighted by Crippen LogP contribution is -2.07. The molecule has 1 unspecified atom stereocenters. The van der Waals surface area contributed by atoms with Crippen molar-refractivity contribution in [2.24, 2.45) is 0 Å². The summed E-state index contributed by atoms with van der Waals surface area (Å²) in [6, 6.07) is 5.55. The van der Waals surface area contributed by atoms with Crippen molar-refractivity contribution in [1.29, 1.82) is 0 Å². The zero-order chi connectivity index (χ0) is 10.8. The minimum atomic E-state index is -3.69. The van der Waals surface area contributed by atoms with E-state index in [1.165, 1.54) is 18.2 Å². The molecular formula is C8H8ClFO3S. The molecule has 0 heterocycles. The third kappa shape index (κ3) is 3.25. The van der Waals surface area contributed by atoms with Gasteiger partial charge in [-0.25, -0.2) is 8.57 Å². The first-order chi connectivity index (χ1) is 6.40. The summed E-state index contributed by atoms with van der Waals surface area (Å²) in [5.41, 5.74) is -1.33. The van der Waals surface area contributed by atoms with Crippen LogP contribution in [0.3, 0.4) is 0 Å². The summed E-state index contributed by atoms with van der Waals surface area (Å²) in [5, 5.41) is 0. The Balaban J connectivity index is 2.90. The zero-order valence-corrected chi connectivity index (χ0v) is 8.85. The highest BCUT2D eigenvalue weighted by Gasteiger charge is 2.17. The second-order valence-corrected chi connectivity index (χ2v) is 4.63. The summed E-state index contributed by atoms with van der Waals surface area (Å²) in [4.78, 5) is 0. The summed E-state index contributed by atoms with van der Waals surface area (Å²) >= 11 is 5.55. The normalized spacial score (nSPS) is 13.9. The Hall–Kier alpha value is -0.650. The topological polar surface area (TPSA) is 43.4 Å². The summed E-state index contributed by atoms with van der Waals surface area (Å²) in [7, 11) is -3.69. The summed E-state index contributed by atoms with van der Waals surface area (Å²) < 4.78 is 38.9. The molecule has 0 aliphatic rings. The average molecular weight is 239 g/mol. The number of benzene rings is 1. The lowest BCUT2D eigenvalue weighted by atomic mass is 10.2. The van der Waals surface area contributed by atoms with Crippen LogP contribution in [-0.4, -0.2) is 14.7 Å². The lowest BCUT2D eigenvalue weighted by Gasteiger charge is -2.09. The van der Waals surface area contributed by atoms with E-state index in [0.717, 1.165) is 6.26 Å². The minimum Gasteiger partial charge on any atom is -0.246 e. The third-order valence-corrected chi connectivity index (χ3v) is 2.38. The number of hydrogen-bond donors (Lipinski definition) is 0. The second kappa shape index (κ2) is 4.25. The van der Waals surface area contributed by atoms with E-state index in [1.807, 2.05) is 0 Å². The fourth-order valence-corrected chi connectivity index (χ4v) is 1.85. The molecule has 0 fully saturated rings. The average Bonchev–Trinajstić information content (AvgIpc) is 2.01. The SMILES string of the molecule is CS(=O)(=O)OC(Cl)c1ccccc1F. The minimum absolute atomic E-state index is 0.000378. The summed E-state index contributed by atoms with van der Waals surface area (Å²) in [5.74, 6) is -0.601. The van der Waals surface area contributed by atoms with Gasteiger partial charge in [-0.15, -0.1) is 0 Å². The van der Waals surface area contributed by atoms with Crippen LogP contribution >= 0.6 is 11.6 Å². The van der Waals surface area contributed by atoms with Crippen LogP contribution in [0.25, 0.3) is 0 Å². The highest BCUT2D eigenvalue weighted by atomic mass is 35.5. The fourth-order valence-electron chi connectivity index (χ4n) is 0.864. The number of alkyl halides is 1. The van der Waals surface area contributed by atoms with Gasteiger partial charge in [0.25, 0.3) is 10.1 Å². The predicted molar refractivity (Wildman–Crippen MR) is 50.9 cm³/mol. The maximum absolute atomic E-state index is 13.1. The monoisotopic (exact) mass is 238 g/mol. The Kier molecular flexibility index (Phi) is 3.47. The van der Waals surface area contributed by atoms with Crippen molar-refractivity contribution in [2.45, 2.75) is 5.56 Å². The molecule has 0 aliphatic carbocycles. The van der Waals surface area contributed by atoms with Crippen LogP contribution < -0.4 is 0 Å². The van der Waals surface area contributed by atoms with Gasteiger partial charge in [-0.2, -0.15) is 8.42 Å². The van der Waals surface area contributed by atoms with Crippen molar-refractivity contribution >= 4 is 21.7 Å². The first-order valence-electron chi connectivity index (χ1n) is 3.67. The van der Waals surface area contributed by atoms with Crippen LogP contribution in [0, 0.1) is 5.82 Å². The molecule has 0 radical (unpaired) electrons. The van der Waals surface area contributed by atoms with Crippen LogP contribution in [-0.2, 0) is 14.3 Å². The zero-order valence-electron chi connectivity index (χ0n) is 7.28. The van der Waals surface area contributed by atoms with Crippen molar-refractivity contribution in [3.8, 4) is 0 Å². The molecule has 1 aromatic rings. The van der Waals surface area contributed by atoms with E-state index < -0.39 is 21.5 Å². The highest BCUT2D eigenvalue weighted by molar-refractivity contribution is 7.86. The van der Waals surface area contributed by atoms with Crippen molar-refractivity contribution in [3.05, 3.63) is 35.6 Å².